The highest BCUT2D eigenvalue weighted by Gasteiger charge is 2.30. The quantitative estimate of drug-likeness (QED) is 0.518. The molecule has 0 unspecified atom stereocenters. The van der Waals surface area contributed by atoms with Gasteiger partial charge in [0.15, 0.2) is 5.78 Å². The van der Waals surface area contributed by atoms with Crippen LogP contribution in [0, 0.1) is 0 Å². The van der Waals surface area contributed by atoms with Gasteiger partial charge in [0.25, 0.3) is 0 Å². The molecule has 0 fully saturated rings. The molecule has 0 bridgehead atoms. The van der Waals surface area contributed by atoms with Crippen molar-refractivity contribution < 1.29 is 9.21 Å². The maximum absolute atomic E-state index is 12.7. The van der Waals surface area contributed by atoms with Crippen LogP contribution in [0.5, 0.6) is 0 Å². The lowest BCUT2D eigenvalue weighted by Crippen LogP contribution is -1.98. The molecule has 0 saturated heterocycles. The molecule has 0 amide bonds. The average molecular weight is 296 g/mol. The van der Waals surface area contributed by atoms with Gasteiger partial charge in [0.1, 0.15) is 6.26 Å². The maximum Gasteiger partial charge on any atom is 0.226 e. The minimum atomic E-state index is 0.0156. The van der Waals surface area contributed by atoms with Crippen LogP contribution < -0.4 is 0 Å². The summed E-state index contributed by atoms with van der Waals surface area (Å²) in [5, 5.41) is 0. The van der Waals surface area contributed by atoms with E-state index >= 15 is 0 Å². The molecule has 1 aliphatic carbocycles. The van der Waals surface area contributed by atoms with Gasteiger partial charge < -0.3 is 4.42 Å². The lowest BCUT2D eigenvalue weighted by Gasteiger charge is -2.03. The van der Waals surface area contributed by atoms with E-state index in [0.717, 1.165) is 16.7 Å². The van der Waals surface area contributed by atoms with E-state index in [9.17, 15) is 4.79 Å². The van der Waals surface area contributed by atoms with Crippen molar-refractivity contribution in [3.05, 3.63) is 65.5 Å². The number of benzene rings is 2. The topological polar surface area (TPSA) is 43.1 Å². The van der Waals surface area contributed by atoms with Gasteiger partial charge in [-0.3, -0.25) is 4.79 Å². The van der Waals surface area contributed by atoms with Gasteiger partial charge in [0.2, 0.25) is 5.89 Å². The average Bonchev–Trinajstić information content (AvgIpc) is 3.12. The number of halogens is 1. The lowest BCUT2D eigenvalue weighted by molar-refractivity contribution is 0.104. The van der Waals surface area contributed by atoms with E-state index in [2.05, 4.69) is 4.98 Å². The first kappa shape index (κ1) is 12.4. The van der Waals surface area contributed by atoms with E-state index < -0.39 is 0 Å². The molecule has 3 nitrogen and oxygen atoms in total. The number of oxazole rings is 1. The number of alkyl halides is 1. The highest BCUT2D eigenvalue weighted by molar-refractivity contribution is 6.24. The van der Waals surface area contributed by atoms with Crippen LogP contribution in [-0.2, 0) is 5.88 Å². The van der Waals surface area contributed by atoms with Gasteiger partial charge in [0, 0.05) is 16.7 Å². The molecule has 0 spiro atoms. The summed E-state index contributed by atoms with van der Waals surface area (Å²) in [5.74, 6) is 0.734. The van der Waals surface area contributed by atoms with E-state index in [1.807, 2.05) is 42.5 Å². The second kappa shape index (κ2) is 4.57. The first-order chi connectivity index (χ1) is 10.3. The summed E-state index contributed by atoms with van der Waals surface area (Å²) in [6.45, 7) is 0. The second-order valence-electron chi connectivity index (χ2n) is 4.88. The molecule has 0 saturated carbocycles. The zero-order valence-electron chi connectivity index (χ0n) is 11.0. The first-order valence-electron chi connectivity index (χ1n) is 6.57. The van der Waals surface area contributed by atoms with Crippen molar-refractivity contribution >= 4 is 17.4 Å². The van der Waals surface area contributed by atoms with E-state index in [0.29, 0.717) is 22.7 Å². The zero-order valence-corrected chi connectivity index (χ0v) is 11.7. The Kier molecular flexibility index (Phi) is 2.69. The van der Waals surface area contributed by atoms with Crippen LogP contribution in [0.15, 0.2) is 53.1 Å². The van der Waals surface area contributed by atoms with Crippen molar-refractivity contribution in [3.8, 4) is 22.6 Å². The summed E-state index contributed by atoms with van der Waals surface area (Å²) >= 11 is 5.76. The summed E-state index contributed by atoms with van der Waals surface area (Å²) in [6, 6.07) is 13.3. The number of fused-ring (bicyclic) bond motifs is 3. The smallest absolute Gasteiger partial charge is 0.226 e. The van der Waals surface area contributed by atoms with Crippen molar-refractivity contribution in [1.29, 1.82) is 0 Å². The third-order valence-electron chi connectivity index (χ3n) is 3.67. The van der Waals surface area contributed by atoms with E-state index in [4.69, 9.17) is 16.0 Å². The van der Waals surface area contributed by atoms with Crippen molar-refractivity contribution in [1.82, 2.24) is 4.98 Å². The monoisotopic (exact) mass is 295 g/mol. The molecule has 1 aliphatic rings. The van der Waals surface area contributed by atoms with Crippen LogP contribution in [0.4, 0.5) is 0 Å². The van der Waals surface area contributed by atoms with E-state index in [-0.39, 0.29) is 11.7 Å². The third kappa shape index (κ3) is 1.74. The Morgan fingerprint density at radius 3 is 2.43 bits per heavy atom. The Balaban J connectivity index is 1.96. The van der Waals surface area contributed by atoms with E-state index in [1.54, 1.807) is 0 Å². The molecule has 1 aromatic heterocycles. The normalized spacial score (nSPS) is 12.3. The fraction of sp³-hybridized carbons (Fsp3) is 0.0588. The van der Waals surface area contributed by atoms with Crippen LogP contribution in [0.3, 0.4) is 0 Å². The van der Waals surface area contributed by atoms with Crippen LogP contribution in [0.25, 0.3) is 22.6 Å². The molecule has 0 N–H and O–H groups in total. The molecule has 4 heteroatoms. The Hall–Kier alpha value is -2.39. The fourth-order valence-corrected chi connectivity index (χ4v) is 2.87. The Bertz CT molecular complexity index is 867. The third-order valence-corrected chi connectivity index (χ3v) is 3.95. The van der Waals surface area contributed by atoms with Crippen LogP contribution in [0.1, 0.15) is 21.6 Å². The summed E-state index contributed by atoms with van der Waals surface area (Å²) in [4.78, 5) is 17.0. The molecule has 0 radical (unpaired) electrons. The highest BCUT2D eigenvalue weighted by Crippen LogP contribution is 2.41. The van der Waals surface area contributed by atoms with Crippen molar-refractivity contribution in [2.24, 2.45) is 0 Å². The maximum atomic E-state index is 12.7. The molecule has 21 heavy (non-hydrogen) atoms. The number of nitrogens with zero attached hydrogens (tertiary/aromatic N) is 1. The minimum Gasteiger partial charge on any atom is -0.444 e. The van der Waals surface area contributed by atoms with Crippen molar-refractivity contribution in [2.75, 3.05) is 0 Å². The van der Waals surface area contributed by atoms with E-state index in [1.165, 1.54) is 6.26 Å². The predicted molar refractivity (Wildman–Crippen MR) is 80.4 cm³/mol. The summed E-state index contributed by atoms with van der Waals surface area (Å²) in [7, 11) is 0. The number of carbonyl (C=O) groups excluding carboxylic acids is 1. The number of rotatable bonds is 2. The molecule has 0 aliphatic heterocycles. The fourth-order valence-electron chi connectivity index (χ4n) is 2.74. The standard InChI is InChI=1S/C17H10ClNO2/c18-8-10-9-21-17(19-10)14-7-3-6-12-11-4-1-2-5-13(11)16(20)15(12)14/h1-7,9H,8H2. The molecule has 2 aromatic carbocycles. The lowest BCUT2D eigenvalue weighted by atomic mass is 10.0. The Labute approximate surface area is 126 Å². The van der Waals surface area contributed by atoms with Gasteiger partial charge in [-0.15, -0.1) is 11.6 Å². The summed E-state index contributed by atoms with van der Waals surface area (Å²) < 4.78 is 5.47. The second-order valence-corrected chi connectivity index (χ2v) is 5.15. The van der Waals surface area contributed by atoms with Gasteiger partial charge in [-0.2, -0.15) is 0 Å². The van der Waals surface area contributed by atoms with Gasteiger partial charge >= 0.3 is 0 Å². The largest absolute Gasteiger partial charge is 0.444 e. The van der Waals surface area contributed by atoms with Crippen LogP contribution in [0.2, 0.25) is 0 Å². The zero-order chi connectivity index (χ0) is 14.4. The van der Waals surface area contributed by atoms with Gasteiger partial charge in [-0.05, 0) is 17.2 Å². The van der Waals surface area contributed by atoms with Crippen LogP contribution in [-0.4, -0.2) is 10.8 Å². The first-order valence-corrected chi connectivity index (χ1v) is 7.11. The predicted octanol–water partition coefficient (Wildman–Crippen LogP) is 4.29. The summed E-state index contributed by atoms with van der Waals surface area (Å²) in [6.07, 6.45) is 1.52. The van der Waals surface area contributed by atoms with Crippen LogP contribution >= 0.6 is 11.6 Å². The SMILES string of the molecule is O=C1c2ccccc2-c2cccc(-c3nc(CCl)co3)c21. The molecule has 1 heterocycles. The molecule has 3 aromatic rings. The number of aromatic nitrogens is 1. The molecule has 102 valence electrons. The minimum absolute atomic E-state index is 0.0156. The number of hydrogen-bond donors (Lipinski definition) is 0. The Morgan fingerprint density at radius 1 is 0.952 bits per heavy atom. The van der Waals surface area contributed by atoms with Gasteiger partial charge in [-0.25, -0.2) is 4.98 Å². The van der Waals surface area contributed by atoms with Gasteiger partial charge in [-0.1, -0.05) is 36.4 Å². The number of ketones is 1. The number of carbonyl (C=O) groups is 1. The highest BCUT2D eigenvalue weighted by atomic mass is 35.5. The van der Waals surface area contributed by atoms with Crippen molar-refractivity contribution in [3.63, 3.8) is 0 Å². The summed E-state index contributed by atoms with van der Waals surface area (Å²) in [5.41, 5.74) is 4.64. The van der Waals surface area contributed by atoms with Crippen molar-refractivity contribution in [2.45, 2.75) is 5.88 Å². The number of hydrogen-bond acceptors (Lipinski definition) is 3. The molecule has 0 atom stereocenters. The van der Waals surface area contributed by atoms with Gasteiger partial charge in [0.05, 0.1) is 11.6 Å². The molecular weight excluding hydrogens is 286 g/mol. The molecular formula is C17H10ClNO2. The Morgan fingerprint density at radius 2 is 1.67 bits per heavy atom. The molecule has 4 rings (SSSR count).